The highest BCUT2D eigenvalue weighted by Gasteiger charge is 2.50. The van der Waals surface area contributed by atoms with Crippen molar-refractivity contribution in [3.63, 3.8) is 0 Å². The molecule has 2 aromatic carbocycles. The number of hydrogen-bond acceptors (Lipinski definition) is 2. The van der Waals surface area contributed by atoms with Crippen LogP contribution in [0.15, 0.2) is 73.0 Å². The molecule has 2 nitrogen and oxygen atoms in total. The van der Waals surface area contributed by atoms with Gasteiger partial charge in [-0.15, -0.1) is 0 Å². The van der Waals surface area contributed by atoms with Crippen LogP contribution in [0.2, 0.25) is 5.04 Å². The van der Waals surface area contributed by atoms with Crippen LogP contribution in [-0.4, -0.2) is 21.0 Å². The van der Waals surface area contributed by atoms with Gasteiger partial charge in [0.2, 0.25) is 0 Å². The molecule has 1 aliphatic heterocycles. The van der Waals surface area contributed by atoms with Gasteiger partial charge in [-0.3, -0.25) is 0 Å². The van der Waals surface area contributed by atoms with Crippen molar-refractivity contribution in [3.05, 3.63) is 73.0 Å². The molecule has 0 radical (unpaired) electrons. The highest BCUT2D eigenvalue weighted by atomic mass is 28.4. The van der Waals surface area contributed by atoms with Gasteiger partial charge < -0.3 is 9.16 Å². The second kappa shape index (κ2) is 6.95. The molecule has 3 heteroatoms. The number of rotatable bonds is 5. The number of hydrogen-bond donors (Lipinski definition) is 0. The summed E-state index contributed by atoms with van der Waals surface area (Å²) in [5.41, 5.74) is 0. The van der Waals surface area contributed by atoms with Crippen LogP contribution in [0.25, 0.3) is 0 Å². The molecule has 0 amide bonds. The molecule has 3 rings (SSSR count). The van der Waals surface area contributed by atoms with E-state index >= 15 is 0 Å². The molecule has 1 atom stereocenters. The lowest BCUT2D eigenvalue weighted by molar-refractivity contribution is 0.103. The summed E-state index contributed by atoms with van der Waals surface area (Å²) in [5, 5.41) is 2.64. The third-order valence-electron chi connectivity index (χ3n) is 4.67. The third kappa shape index (κ3) is 3.19. The minimum Gasteiger partial charge on any atom is -0.496 e. The average molecular weight is 339 g/mol. The summed E-state index contributed by atoms with van der Waals surface area (Å²) in [4.78, 5) is 0. The Morgan fingerprint density at radius 1 is 0.958 bits per heavy atom. The highest BCUT2D eigenvalue weighted by Crippen LogP contribution is 2.37. The molecule has 2 aromatic rings. The fraction of sp³-hybridized carbons (Fsp3) is 0.333. The molecule has 0 unspecified atom stereocenters. The first-order valence-electron chi connectivity index (χ1n) is 8.59. The first-order chi connectivity index (χ1) is 11.5. The monoisotopic (exact) mass is 338 g/mol. The Labute approximate surface area is 146 Å². The standard InChI is InChI=1S/C21H26O2Si/c1-21(2,3)24(19-12-6-4-7-13-19,20-14-8-5-9-15-20)23-17-18-11-10-16-22-18/h4-10,12-16,18H,11,17H2,1-3H3/t18-/m1/s1. The Morgan fingerprint density at radius 3 is 1.92 bits per heavy atom. The number of ether oxygens (including phenoxy) is 1. The van der Waals surface area contributed by atoms with Crippen LogP contribution >= 0.6 is 0 Å². The maximum atomic E-state index is 6.82. The first-order valence-corrected chi connectivity index (χ1v) is 10.5. The van der Waals surface area contributed by atoms with Crippen LogP contribution < -0.4 is 10.4 Å². The normalized spacial score (nSPS) is 17.7. The predicted octanol–water partition coefficient (Wildman–Crippen LogP) is 3.87. The highest BCUT2D eigenvalue weighted by molar-refractivity contribution is 6.99. The summed E-state index contributed by atoms with van der Waals surface area (Å²) in [6.07, 6.45) is 4.92. The van der Waals surface area contributed by atoms with Gasteiger partial charge >= 0.3 is 0 Å². The lowest BCUT2D eigenvalue weighted by Gasteiger charge is -2.43. The van der Waals surface area contributed by atoms with Crippen molar-refractivity contribution in [1.82, 2.24) is 0 Å². The lowest BCUT2D eigenvalue weighted by Crippen LogP contribution is -2.67. The Bertz CT molecular complexity index is 626. The molecule has 24 heavy (non-hydrogen) atoms. The zero-order valence-corrected chi connectivity index (χ0v) is 15.7. The maximum absolute atomic E-state index is 6.82. The fourth-order valence-electron chi connectivity index (χ4n) is 3.52. The van der Waals surface area contributed by atoms with E-state index in [4.69, 9.17) is 9.16 Å². The molecule has 126 valence electrons. The molecule has 0 aliphatic carbocycles. The van der Waals surface area contributed by atoms with Gasteiger partial charge in [-0.25, -0.2) is 0 Å². The molecular weight excluding hydrogens is 312 g/mol. The van der Waals surface area contributed by atoms with Crippen molar-refractivity contribution in [3.8, 4) is 0 Å². The summed E-state index contributed by atoms with van der Waals surface area (Å²) in [6.45, 7) is 7.52. The summed E-state index contributed by atoms with van der Waals surface area (Å²) in [5.74, 6) is 0. The van der Waals surface area contributed by atoms with Gasteiger partial charge in [0.05, 0.1) is 12.9 Å². The van der Waals surface area contributed by atoms with Gasteiger partial charge in [-0.1, -0.05) is 81.4 Å². The van der Waals surface area contributed by atoms with Crippen molar-refractivity contribution >= 4 is 18.7 Å². The molecule has 0 N–H and O–H groups in total. The fourth-order valence-corrected chi connectivity index (χ4v) is 8.11. The second-order valence-electron chi connectivity index (χ2n) is 7.34. The molecular formula is C21H26O2Si. The Balaban J connectivity index is 2.06. The zero-order chi connectivity index (χ0) is 17.0. The van der Waals surface area contributed by atoms with Crippen molar-refractivity contribution < 1.29 is 9.16 Å². The Morgan fingerprint density at radius 2 is 1.50 bits per heavy atom. The minimum absolute atomic E-state index is 0.0156. The summed E-state index contributed by atoms with van der Waals surface area (Å²) < 4.78 is 12.5. The van der Waals surface area contributed by atoms with E-state index in [-0.39, 0.29) is 11.1 Å². The summed E-state index contributed by atoms with van der Waals surface area (Å²) in [6, 6.07) is 21.5. The zero-order valence-electron chi connectivity index (χ0n) is 14.7. The molecule has 1 aliphatic rings. The van der Waals surface area contributed by atoms with E-state index in [1.807, 2.05) is 0 Å². The first kappa shape index (κ1) is 17.0. The van der Waals surface area contributed by atoms with Crippen molar-refractivity contribution in [2.24, 2.45) is 0 Å². The molecule has 0 spiro atoms. The molecule has 0 fully saturated rings. The van der Waals surface area contributed by atoms with Crippen LogP contribution in [0.1, 0.15) is 27.2 Å². The van der Waals surface area contributed by atoms with E-state index in [1.54, 1.807) is 6.26 Å². The van der Waals surface area contributed by atoms with E-state index in [2.05, 4.69) is 87.5 Å². The van der Waals surface area contributed by atoms with Crippen molar-refractivity contribution in [1.29, 1.82) is 0 Å². The average Bonchev–Trinajstić information content (AvgIpc) is 3.10. The summed E-state index contributed by atoms with van der Waals surface area (Å²) >= 11 is 0. The largest absolute Gasteiger partial charge is 0.496 e. The Kier molecular flexibility index (Phi) is 4.92. The van der Waals surface area contributed by atoms with Crippen LogP contribution in [0.5, 0.6) is 0 Å². The second-order valence-corrected chi connectivity index (χ2v) is 11.6. The SMILES string of the molecule is CC(C)(C)[Si](OC[C@H]1CC=CO1)(c1ccccc1)c1ccccc1. The van der Waals surface area contributed by atoms with Crippen molar-refractivity contribution in [2.75, 3.05) is 6.61 Å². The van der Waals surface area contributed by atoms with Gasteiger partial charge in [0.1, 0.15) is 6.10 Å². The molecule has 0 bridgehead atoms. The van der Waals surface area contributed by atoms with Crippen molar-refractivity contribution in [2.45, 2.75) is 38.3 Å². The minimum atomic E-state index is -2.42. The smallest absolute Gasteiger partial charge is 0.261 e. The lowest BCUT2D eigenvalue weighted by atomic mass is 10.2. The van der Waals surface area contributed by atoms with Gasteiger partial charge in [-0.05, 0) is 21.5 Å². The molecule has 0 saturated carbocycles. The van der Waals surface area contributed by atoms with E-state index in [9.17, 15) is 0 Å². The van der Waals surface area contributed by atoms with Crippen LogP contribution in [0.3, 0.4) is 0 Å². The van der Waals surface area contributed by atoms with E-state index in [0.29, 0.717) is 6.61 Å². The van der Waals surface area contributed by atoms with Crippen LogP contribution in [0.4, 0.5) is 0 Å². The van der Waals surface area contributed by atoms with Gasteiger partial charge in [0, 0.05) is 6.42 Å². The predicted molar refractivity (Wildman–Crippen MR) is 102 cm³/mol. The van der Waals surface area contributed by atoms with E-state index in [1.165, 1.54) is 10.4 Å². The quantitative estimate of drug-likeness (QED) is 0.771. The third-order valence-corrected chi connectivity index (χ3v) is 9.67. The maximum Gasteiger partial charge on any atom is 0.261 e. The molecule has 0 aromatic heterocycles. The number of benzene rings is 2. The summed E-state index contributed by atoms with van der Waals surface area (Å²) in [7, 11) is -2.42. The van der Waals surface area contributed by atoms with Gasteiger partial charge in [0.15, 0.2) is 0 Å². The van der Waals surface area contributed by atoms with E-state index < -0.39 is 8.32 Å². The van der Waals surface area contributed by atoms with Crippen LogP contribution in [-0.2, 0) is 9.16 Å². The molecule has 1 heterocycles. The van der Waals surface area contributed by atoms with Crippen LogP contribution in [0, 0.1) is 0 Å². The van der Waals surface area contributed by atoms with Gasteiger partial charge in [-0.2, -0.15) is 0 Å². The van der Waals surface area contributed by atoms with Gasteiger partial charge in [0.25, 0.3) is 8.32 Å². The molecule has 0 saturated heterocycles. The topological polar surface area (TPSA) is 18.5 Å². The van der Waals surface area contributed by atoms with E-state index in [0.717, 1.165) is 6.42 Å². The Hall–Kier alpha value is -1.84.